The van der Waals surface area contributed by atoms with Crippen LogP contribution in [-0.2, 0) is 0 Å². The normalized spacial score (nSPS) is 10.6. The van der Waals surface area contributed by atoms with Gasteiger partial charge in [0.1, 0.15) is 11.6 Å². The maximum atomic E-state index is 5.86. The first-order valence-corrected chi connectivity index (χ1v) is 8.84. The van der Waals surface area contributed by atoms with Crippen LogP contribution in [0.2, 0.25) is 0 Å². The lowest BCUT2D eigenvalue weighted by Gasteiger charge is -2.10. The number of hydrogen-bond acceptors (Lipinski definition) is 6. The van der Waals surface area contributed by atoms with E-state index in [1.807, 2.05) is 50.2 Å². The minimum Gasteiger partial charge on any atom is -0.424 e. The van der Waals surface area contributed by atoms with Gasteiger partial charge in [-0.1, -0.05) is 29.8 Å². The summed E-state index contributed by atoms with van der Waals surface area (Å²) < 4.78 is 5.86. The smallest absolute Gasteiger partial charge is 0.324 e. The molecule has 2 heterocycles. The van der Waals surface area contributed by atoms with E-state index < -0.39 is 0 Å². The number of nitrogens with two attached hydrogens (primary N) is 1. The lowest BCUT2D eigenvalue weighted by atomic mass is 10.1. The van der Waals surface area contributed by atoms with Gasteiger partial charge >= 0.3 is 6.01 Å². The van der Waals surface area contributed by atoms with Crippen molar-refractivity contribution in [2.45, 2.75) is 13.8 Å². The molecule has 0 aliphatic carbocycles. The van der Waals surface area contributed by atoms with Crippen LogP contribution in [0.1, 0.15) is 11.3 Å². The quantitative estimate of drug-likeness (QED) is 0.443. The number of benzene rings is 2. The molecule has 0 amide bonds. The first-order valence-electron chi connectivity index (χ1n) is 8.84. The highest BCUT2D eigenvalue weighted by Crippen LogP contribution is 2.27. The van der Waals surface area contributed by atoms with Gasteiger partial charge in [-0.15, -0.1) is 0 Å². The van der Waals surface area contributed by atoms with Gasteiger partial charge in [0, 0.05) is 29.1 Å². The van der Waals surface area contributed by atoms with E-state index in [4.69, 9.17) is 10.5 Å². The summed E-state index contributed by atoms with van der Waals surface area (Å²) in [7, 11) is 0. The average molecular weight is 372 g/mol. The van der Waals surface area contributed by atoms with E-state index in [0.717, 1.165) is 17.0 Å². The number of anilines is 3. The van der Waals surface area contributed by atoms with Crippen molar-refractivity contribution in [1.82, 2.24) is 20.2 Å². The van der Waals surface area contributed by atoms with Crippen LogP contribution in [0.5, 0.6) is 11.8 Å². The summed E-state index contributed by atoms with van der Waals surface area (Å²) in [5, 5.41) is 10.3. The van der Waals surface area contributed by atoms with Gasteiger partial charge < -0.3 is 15.8 Å². The third-order valence-corrected chi connectivity index (χ3v) is 4.10. The molecule has 28 heavy (non-hydrogen) atoms. The van der Waals surface area contributed by atoms with Crippen LogP contribution in [0.15, 0.2) is 60.7 Å². The summed E-state index contributed by atoms with van der Waals surface area (Å²) in [4.78, 5) is 9.03. The van der Waals surface area contributed by atoms with Gasteiger partial charge in [-0.3, -0.25) is 5.10 Å². The number of nitrogen functional groups attached to an aromatic ring is 1. The van der Waals surface area contributed by atoms with Crippen molar-refractivity contribution in [2.75, 3.05) is 11.1 Å². The lowest BCUT2D eigenvalue weighted by molar-refractivity contribution is 0.443. The van der Waals surface area contributed by atoms with Crippen LogP contribution in [-0.4, -0.2) is 20.2 Å². The van der Waals surface area contributed by atoms with Crippen molar-refractivity contribution in [1.29, 1.82) is 0 Å². The first kappa shape index (κ1) is 17.5. The zero-order chi connectivity index (χ0) is 19.5. The molecule has 0 fully saturated rings. The Hall–Kier alpha value is -3.87. The van der Waals surface area contributed by atoms with Gasteiger partial charge in [0.25, 0.3) is 0 Å². The van der Waals surface area contributed by atoms with E-state index in [0.29, 0.717) is 23.1 Å². The van der Waals surface area contributed by atoms with Gasteiger partial charge in [0.2, 0.25) is 0 Å². The molecule has 4 rings (SSSR count). The van der Waals surface area contributed by atoms with Crippen LogP contribution in [0.25, 0.3) is 11.3 Å². The third kappa shape index (κ3) is 4.09. The Morgan fingerprint density at radius 3 is 2.32 bits per heavy atom. The minimum atomic E-state index is 0.234. The molecule has 4 aromatic rings. The Labute approximate surface area is 162 Å². The van der Waals surface area contributed by atoms with Crippen LogP contribution < -0.4 is 15.8 Å². The van der Waals surface area contributed by atoms with Crippen molar-refractivity contribution in [3.8, 4) is 23.0 Å². The number of aromatic nitrogens is 4. The molecule has 0 unspecified atom stereocenters. The van der Waals surface area contributed by atoms with Gasteiger partial charge in [0.05, 0.1) is 5.69 Å². The molecule has 0 aliphatic rings. The predicted octanol–water partition coefficient (Wildman–Crippen LogP) is 4.60. The van der Waals surface area contributed by atoms with E-state index in [2.05, 4.69) is 25.5 Å². The minimum absolute atomic E-state index is 0.234. The number of nitrogens with zero attached hydrogens (tertiary/aromatic N) is 3. The van der Waals surface area contributed by atoms with E-state index in [1.165, 1.54) is 5.56 Å². The zero-order valence-corrected chi connectivity index (χ0v) is 15.6. The fourth-order valence-corrected chi connectivity index (χ4v) is 2.66. The molecule has 140 valence electrons. The molecule has 0 saturated heterocycles. The van der Waals surface area contributed by atoms with Crippen LogP contribution in [0.3, 0.4) is 0 Å². The number of ether oxygens (including phenoxy) is 1. The average Bonchev–Trinajstić information content (AvgIpc) is 3.09. The Bertz CT molecular complexity index is 1090. The second-order valence-corrected chi connectivity index (χ2v) is 6.52. The molecule has 0 spiro atoms. The topological polar surface area (TPSA) is 102 Å². The molecular formula is C21H20N6O. The third-order valence-electron chi connectivity index (χ3n) is 4.10. The maximum Gasteiger partial charge on any atom is 0.324 e. The highest BCUT2D eigenvalue weighted by atomic mass is 16.5. The molecule has 2 aromatic heterocycles. The first-order chi connectivity index (χ1) is 13.5. The second kappa shape index (κ2) is 7.40. The van der Waals surface area contributed by atoms with Crippen molar-refractivity contribution in [2.24, 2.45) is 0 Å². The van der Waals surface area contributed by atoms with Crippen molar-refractivity contribution in [3.05, 3.63) is 71.9 Å². The molecule has 2 aromatic carbocycles. The number of aromatic amines is 1. The fourth-order valence-electron chi connectivity index (χ4n) is 2.66. The molecule has 0 radical (unpaired) electrons. The van der Waals surface area contributed by atoms with Gasteiger partial charge in [-0.2, -0.15) is 15.1 Å². The molecule has 7 nitrogen and oxygen atoms in total. The van der Waals surface area contributed by atoms with E-state index in [1.54, 1.807) is 24.3 Å². The van der Waals surface area contributed by atoms with Crippen LogP contribution in [0.4, 0.5) is 17.3 Å². The molecule has 0 saturated carbocycles. The van der Waals surface area contributed by atoms with E-state index in [9.17, 15) is 0 Å². The molecule has 7 heteroatoms. The van der Waals surface area contributed by atoms with E-state index in [-0.39, 0.29) is 6.01 Å². The lowest BCUT2D eigenvalue weighted by Crippen LogP contribution is -2.00. The fraction of sp³-hybridized carbons (Fsp3) is 0.0952. The van der Waals surface area contributed by atoms with E-state index >= 15 is 0 Å². The molecular weight excluding hydrogens is 352 g/mol. The Kier molecular flexibility index (Phi) is 4.63. The summed E-state index contributed by atoms with van der Waals surface area (Å²) in [6, 6.07) is 19.2. The highest BCUT2D eigenvalue weighted by Gasteiger charge is 2.10. The second-order valence-electron chi connectivity index (χ2n) is 6.52. The van der Waals surface area contributed by atoms with Gasteiger partial charge in [0.15, 0.2) is 5.82 Å². The largest absolute Gasteiger partial charge is 0.424 e. The monoisotopic (exact) mass is 372 g/mol. The summed E-state index contributed by atoms with van der Waals surface area (Å²) in [6.07, 6.45) is 0. The van der Waals surface area contributed by atoms with Crippen molar-refractivity contribution >= 4 is 17.3 Å². The maximum absolute atomic E-state index is 5.86. The Balaban J connectivity index is 1.71. The predicted molar refractivity (Wildman–Crippen MR) is 110 cm³/mol. The summed E-state index contributed by atoms with van der Waals surface area (Å²) >= 11 is 0. The number of nitrogens with one attached hydrogen (secondary N) is 2. The van der Waals surface area contributed by atoms with Gasteiger partial charge in [-0.25, -0.2) is 0 Å². The van der Waals surface area contributed by atoms with Gasteiger partial charge in [-0.05, 0) is 38.1 Å². The van der Waals surface area contributed by atoms with Crippen LogP contribution >= 0.6 is 0 Å². The Morgan fingerprint density at radius 2 is 1.64 bits per heavy atom. The molecule has 0 atom stereocenters. The Morgan fingerprint density at radius 1 is 0.893 bits per heavy atom. The summed E-state index contributed by atoms with van der Waals surface area (Å²) in [5.41, 5.74) is 10.3. The number of hydrogen-bond donors (Lipinski definition) is 3. The van der Waals surface area contributed by atoms with Crippen LogP contribution in [0, 0.1) is 13.8 Å². The summed E-state index contributed by atoms with van der Waals surface area (Å²) in [5.74, 6) is 1.86. The van der Waals surface area contributed by atoms with Crippen molar-refractivity contribution < 1.29 is 4.74 Å². The highest BCUT2D eigenvalue weighted by molar-refractivity contribution is 5.65. The molecule has 0 aliphatic heterocycles. The summed E-state index contributed by atoms with van der Waals surface area (Å²) in [6.45, 7) is 3.98. The standard InChI is InChI=1S/C21H20N6O/c1-13-3-5-15(6-4-13)18-12-19(24-20-11-14(2)26-27-20)25-21(23-18)28-17-9-7-16(22)8-10-17/h3-12H,22H2,1-2H3,(H2,23,24,25,26,27). The SMILES string of the molecule is Cc1ccc(-c2cc(Nc3cc(C)[nH]n3)nc(Oc3ccc(N)cc3)n2)cc1. The number of rotatable bonds is 5. The van der Waals surface area contributed by atoms with Crippen molar-refractivity contribution in [3.63, 3.8) is 0 Å². The number of H-pyrrole nitrogens is 1. The molecule has 4 N–H and O–H groups in total. The molecule has 0 bridgehead atoms. The number of aryl methyl sites for hydroxylation is 2. The zero-order valence-electron chi connectivity index (χ0n) is 15.6.